The number of aliphatic carboxylic acids is 1. The Morgan fingerprint density at radius 1 is 1.06 bits per heavy atom. The number of nitrogens with zero attached hydrogens (tertiary/aromatic N) is 2. The van der Waals surface area contributed by atoms with Crippen LogP contribution >= 0.6 is 24.0 Å². The fourth-order valence-corrected chi connectivity index (χ4v) is 7.35. The van der Waals surface area contributed by atoms with Gasteiger partial charge in [-0.3, -0.25) is 14.5 Å². The number of carboxylic acid groups (broad SMARTS) is 1. The lowest BCUT2D eigenvalue weighted by Gasteiger charge is -2.34. The highest BCUT2D eigenvalue weighted by atomic mass is 32.2. The second kappa shape index (κ2) is 9.37. The first-order chi connectivity index (χ1) is 17.5. The predicted molar refractivity (Wildman–Crippen MR) is 150 cm³/mol. The maximum atomic E-state index is 12.5. The van der Waals surface area contributed by atoms with Gasteiger partial charge in [0, 0.05) is 33.6 Å². The summed E-state index contributed by atoms with van der Waals surface area (Å²) in [5.41, 5.74) is 4.99. The molecule has 1 aliphatic carbocycles. The van der Waals surface area contributed by atoms with Crippen LogP contribution < -0.4 is 4.90 Å². The van der Waals surface area contributed by atoms with E-state index in [4.69, 9.17) is 17.3 Å². The second-order valence-electron chi connectivity index (χ2n) is 9.67. The Labute approximate surface area is 219 Å². The summed E-state index contributed by atoms with van der Waals surface area (Å²) in [5, 5.41) is 11.6. The average molecular weight is 515 g/mol. The van der Waals surface area contributed by atoms with E-state index < -0.39 is 5.97 Å². The third-order valence-corrected chi connectivity index (χ3v) is 8.87. The predicted octanol–water partition coefficient (Wildman–Crippen LogP) is 6.69. The summed E-state index contributed by atoms with van der Waals surface area (Å²) in [6, 6.07) is 22.3. The van der Waals surface area contributed by atoms with Gasteiger partial charge < -0.3 is 10.0 Å². The number of thiocarbonyl (C=S) groups is 1. The smallest absolute Gasteiger partial charge is 0.323 e. The number of hydrogen-bond donors (Lipinski definition) is 1. The molecule has 1 N–H and O–H groups in total. The number of amides is 1. The van der Waals surface area contributed by atoms with Crippen molar-refractivity contribution in [2.24, 2.45) is 0 Å². The van der Waals surface area contributed by atoms with Crippen LogP contribution in [0, 0.1) is 0 Å². The topological polar surface area (TPSA) is 60.9 Å². The van der Waals surface area contributed by atoms with Crippen molar-refractivity contribution in [3.8, 4) is 0 Å². The fraction of sp³-hybridized carbons (Fsp3) is 0.276. The Bertz CT molecular complexity index is 1410. The lowest BCUT2D eigenvalue weighted by Crippen LogP contribution is -2.40. The summed E-state index contributed by atoms with van der Waals surface area (Å²) in [5.74, 6) is -0.836. The molecule has 3 aliphatic rings. The van der Waals surface area contributed by atoms with E-state index in [0.29, 0.717) is 16.3 Å². The van der Waals surface area contributed by atoms with Crippen LogP contribution in [0.2, 0.25) is 0 Å². The number of carboxylic acids is 1. The van der Waals surface area contributed by atoms with E-state index in [1.54, 1.807) is 0 Å². The Hall–Kier alpha value is -3.16. The van der Waals surface area contributed by atoms with E-state index in [0.717, 1.165) is 10.5 Å². The molecule has 3 aromatic rings. The number of anilines is 2. The first-order valence-electron chi connectivity index (χ1n) is 12.3. The summed E-state index contributed by atoms with van der Waals surface area (Å²) in [4.78, 5) is 28.2. The molecule has 0 radical (unpaired) electrons. The second-order valence-corrected chi connectivity index (χ2v) is 11.4. The highest BCUT2D eigenvalue weighted by molar-refractivity contribution is 8.25. The van der Waals surface area contributed by atoms with Crippen LogP contribution in [0.25, 0.3) is 16.8 Å². The number of carbonyl (C=O) groups is 2. The molecule has 2 fully saturated rings. The van der Waals surface area contributed by atoms with E-state index in [-0.39, 0.29) is 18.9 Å². The normalized spacial score (nSPS) is 22.7. The zero-order chi connectivity index (χ0) is 24.8. The molecule has 2 aliphatic heterocycles. The SMILES string of the molecule is O=C(O)CN1C(=O)C/C(=C/c2ccc3c(c2)C2CCCCC2N3c2cccc3ccccc23)SC1=S. The van der Waals surface area contributed by atoms with E-state index in [2.05, 4.69) is 65.6 Å². The number of fused-ring (bicyclic) bond motifs is 4. The summed E-state index contributed by atoms with van der Waals surface area (Å²) < 4.78 is 0.301. The Balaban J connectivity index is 1.36. The van der Waals surface area contributed by atoms with Crippen molar-refractivity contribution in [1.29, 1.82) is 0 Å². The van der Waals surface area contributed by atoms with Crippen molar-refractivity contribution >= 4 is 68.4 Å². The third kappa shape index (κ3) is 4.10. The Morgan fingerprint density at radius 2 is 1.86 bits per heavy atom. The minimum atomic E-state index is -1.06. The van der Waals surface area contributed by atoms with Crippen LogP contribution in [0.3, 0.4) is 0 Å². The largest absolute Gasteiger partial charge is 0.480 e. The molecular weight excluding hydrogens is 488 g/mol. The molecule has 1 saturated heterocycles. The summed E-state index contributed by atoms with van der Waals surface area (Å²) in [6.45, 7) is -0.385. The van der Waals surface area contributed by atoms with Gasteiger partial charge in [0.15, 0.2) is 0 Å². The molecule has 3 aromatic carbocycles. The Kier molecular flexibility index (Phi) is 6.05. The summed E-state index contributed by atoms with van der Waals surface area (Å²) in [7, 11) is 0. The van der Waals surface area contributed by atoms with Crippen LogP contribution in [-0.2, 0) is 9.59 Å². The van der Waals surface area contributed by atoms with Crippen LogP contribution in [0.5, 0.6) is 0 Å². The van der Waals surface area contributed by atoms with Gasteiger partial charge in [0.1, 0.15) is 10.9 Å². The van der Waals surface area contributed by atoms with Crippen molar-refractivity contribution < 1.29 is 14.7 Å². The molecule has 36 heavy (non-hydrogen) atoms. The molecular formula is C29H26N2O3S2. The molecule has 6 rings (SSSR count). The molecule has 0 spiro atoms. The molecule has 2 heterocycles. The molecule has 0 aromatic heterocycles. The molecule has 1 amide bonds. The highest BCUT2D eigenvalue weighted by Gasteiger charge is 2.41. The van der Waals surface area contributed by atoms with Gasteiger partial charge in [0.05, 0.1) is 6.42 Å². The number of carbonyl (C=O) groups excluding carboxylic acids is 1. The van der Waals surface area contributed by atoms with Crippen molar-refractivity contribution in [2.45, 2.75) is 44.1 Å². The quantitative estimate of drug-likeness (QED) is 0.391. The maximum Gasteiger partial charge on any atom is 0.323 e. The van der Waals surface area contributed by atoms with E-state index in [1.165, 1.54) is 70.1 Å². The molecule has 7 heteroatoms. The maximum absolute atomic E-state index is 12.5. The first kappa shape index (κ1) is 23.3. The molecule has 2 unspecified atom stereocenters. The van der Waals surface area contributed by atoms with Gasteiger partial charge in [-0.05, 0) is 53.6 Å². The van der Waals surface area contributed by atoms with Crippen molar-refractivity contribution in [3.63, 3.8) is 0 Å². The van der Waals surface area contributed by atoms with E-state index >= 15 is 0 Å². The fourth-order valence-electron chi connectivity index (χ4n) is 5.97. The van der Waals surface area contributed by atoms with Gasteiger partial charge in [-0.2, -0.15) is 0 Å². The highest BCUT2D eigenvalue weighted by Crippen LogP contribution is 2.52. The van der Waals surface area contributed by atoms with Crippen molar-refractivity contribution in [2.75, 3.05) is 11.4 Å². The molecule has 1 saturated carbocycles. The van der Waals surface area contributed by atoms with Gasteiger partial charge in [0.25, 0.3) is 0 Å². The van der Waals surface area contributed by atoms with Gasteiger partial charge in [-0.25, -0.2) is 0 Å². The standard InChI is InChI=1S/C29H26N2O3S2/c32-27-16-20(36-29(35)30(27)17-28(33)34)14-18-12-13-26-23(15-18)22-9-3-4-10-25(22)31(26)24-11-5-7-19-6-1-2-8-21(19)24/h1-2,5-8,11-15,22,25H,3-4,9-10,16-17H2,(H,33,34)/b20-14-. The first-order valence-corrected chi connectivity index (χ1v) is 13.6. The Morgan fingerprint density at radius 3 is 2.69 bits per heavy atom. The molecule has 5 nitrogen and oxygen atoms in total. The van der Waals surface area contributed by atoms with Gasteiger partial charge in [0.2, 0.25) is 5.91 Å². The minimum absolute atomic E-state index is 0.170. The van der Waals surface area contributed by atoms with Gasteiger partial charge >= 0.3 is 5.97 Å². The van der Waals surface area contributed by atoms with Gasteiger partial charge in [-0.1, -0.05) is 79.3 Å². The number of benzene rings is 3. The van der Waals surface area contributed by atoms with Crippen molar-refractivity contribution in [3.05, 3.63) is 76.7 Å². The van der Waals surface area contributed by atoms with Gasteiger partial charge in [-0.15, -0.1) is 0 Å². The number of rotatable bonds is 4. The lowest BCUT2D eigenvalue weighted by molar-refractivity contribution is -0.141. The van der Waals surface area contributed by atoms with Crippen LogP contribution in [0.4, 0.5) is 11.4 Å². The van der Waals surface area contributed by atoms with Crippen LogP contribution in [0.15, 0.2) is 65.6 Å². The molecule has 182 valence electrons. The minimum Gasteiger partial charge on any atom is -0.480 e. The van der Waals surface area contributed by atoms with E-state index in [1.807, 2.05) is 6.08 Å². The zero-order valence-electron chi connectivity index (χ0n) is 19.7. The zero-order valence-corrected chi connectivity index (χ0v) is 21.4. The summed E-state index contributed by atoms with van der Waals surface area (Å²) in [6.07, 6.45) is 7.05. The number of thioether (sulfide) groups is 1. The summed E-state index contributed by atoms with van der Waals surface area (Å²) >= 11 is 6.65. The average Bonchev–Trinajstić information content (AvgIpc) is 3.19. The number of hydrogen-bond acceptors (Lipinski definition) is 5. The molecule has 0 bridgehead atoms. The monoisotopic (exact) mass is 514 g/mol. The molecule has 2 atom stereocenters. The van der Waals surface area contributed by atoms with Crippen LogP contribution in [0.1, 0.15) is 49.1 Å². The van der Waals surface area contributed by atoms with Crippen molar-refractivity contribution in [1.82, 2.24) is 4.90 Å². The lowest BCUT2D eigenvalue weighted by atomic mass is 9.82. The van der Waals surface area contributed by atoms with Crippen LogP contribution in [-0.4, -0.2) is 38.8 Å². The third-order valence-electron chi connectivity index (χ3n) is 7.48. The van der Waals surface area contributed by atoms with E-state index in [9.17, 15) is 9.59 Å².